The van der Waals surface area contributed by atoms with E-state index in [-0.39, 0.29) is 11.6 Å². The third-order valence-electron chi connectivity index (χ3n) is 4.05. The Morgan fingerprint density at radius 3 is 2.21 bits per heavy atom. The lowest BCUT2D eigenvalue weighted by molar-refractivity contribution is -0.126. The molecule has 8 nitrogen and oxygen atoms in total. The summed E-state index contributed by atoms with van der Waals surface area (Å²) < 4.78 is 0. The van der Waals surface area contributed by atoms with Gasteiger partial charge in [-0.05, 0) is 26.2 Å². The highest BCUT2D eigenvalue weighted by Gasteiger charge is 2.28. The second-order valence-corrected chi connectivity index (χ2v) is 7.31. The molecule has 2 atom stereocenters. The van der Waals surface area contributed by atoms with Crippen molar-refractivity contribution in [2.24, 2.45) is 15.9 Å². The lowest BCUT2D eigenvalue weighted by Crippen LogP contribution is -2.54. The smallest absolute Gasteiger partial charge is 0.426 e. The Balaban J connectivity index is 0.000000502. The van der Waals surface area contributed by atoms with Gasteiger partial charge in [-0.25, -0.2) is 0 Å². The van der Waals surface area contributed by atoms with E-state index >= 15 is 0 Å². The molecule has 4 N–H and O–H groups in total. The normalized spacial score (nSPS) is 14.8. The first kappa shape index (κ1) is 24.5. The summed E-state index contributed by atoms with van der Waals surface area (Å²) in [7, 11) is -1.65. The molecular formula is C20H31BN4O4. The molecule has 0 bridgehead atoms. The van der Waals surface area contributed by atoms with Gasteiger partial charge in [-0.1, -0.05) is 49.7 Å². The Morgan fingerprint density at radius 1 is 1.10 bits per heavy atom. The minimum atomic E-state index is -1.65. The zero-order valence-corrected chi connectivity index (χ0v) is 17.5. The highest BCUT2D eigenvalue weighted by molar-refractivity contribution is 6.61. The molecule has 0 saturated carbocycles. The van der Waals surface area contributed by atoms with Crippen molar-refractivity contribution in [1.82, 2.24) is 10.6 Å². The van der Waals surface area contributed by atoms with Crippen LogP contribution >= 0.6 is 0 Å². The number of nitrogens with zero attached hydrogens (tertiary/aromatic N) is 2. The molecule has 0 spiro atoms. The maximum atomic E-state index is 12.0. The van der Waals surface area contributed by atoms with Gasteiger partial charge in [0.2, 0.25) is 5.91 Å². The average molecular weight is 402 g/mol. The second kappa shape index (κ2) is 12.8. The van der Waals surface area contributed by atoms with Crippen LogP contribution in [0.4, 0.5) is 0 Å². The molecular weight excluding hydrogens is 371 g/mol. The fraction of sp³-hybridized carbons (Fsp3) is 0.500. The Bertz CT molecular complexity index is 708. The molecule has 1 aliphatic rings. The van der Waals surface area contributed by atoms with E-state index in [9.17, 15) is 19.6 Å². The first-order valence-corrected chi connectivity index (χ1v) is 9.74. The van der Waals surface area contributed by atoms with E-state index in [0.717, 1.165) is 0 Å². The van der Waals surface area contributed by atoms with Gasteiger partial charge in [0.15, 0.2) is 0 Å². The summed E-state index contributed by atoms with van der Waals surface area (Å²) in [4.78, 5) is 31.9. The van der Waals surface area contributed by atoms with Crippen LogP contribution in [0.3, 0.4) is 0 Å². The fourth-order valence-electron chi connectivity index (χ4n) is 2.49. The van der Waals surface area contributed by atoms with Crippen molar-refractivity contribution in [3.8, 4) is 0 Å². The van der Waals surface area contributed by atoms with Crippen molar-refractivity contribution < 1.29 is 19.6 Å². The van der Waals surface area contributed by atoms with Crippen LogP contribution in [0.2, 0.25) is 0 Å². The van der Waals surface area contributed by atoms with Crippen LogP contribution in [0.5, 0.6) is 0 Å². The number of carbonyl (C=O) groups excluding carboxylic acids is 2. The molecule has 0 aliphatic carbocycles. The minimum Gasteiger partial charge on any atom is -0.426 e. The van der Waals surface area contributed by atoms with Crippen LogP contribution in [0, 0.1) is 12.8 Å². The number of hydrogen-bond donors (Lipinski definition) is 4. The van der Waals surface area contributed by atoms with Crippen molar-refractivity contribution in [1.29, 1.82) is 0 Å². The zero-order valence-electron chi connectivity index (χ0n) is 17.5. The van der Waals surface area contributed by atoms with E-state index < -0.39 is 30.9 Å². The van der Waals surface area contributed by atoms with E-state index in [1.54, 1.807) is 0 Å². The van der Waals surface area contributed by atoms with Crippen LogP contribution in [0.25, 0.3) is 0 Å². The molecule has 0 radical (unpaired) electrons. The maximum Gasteiger partial charge on any atom is 0.475 e. The largest absolute Gasteiger partial charge is 0.475 e. The van der Waals surface area contributed by atoms with Crippen LogP contribution < -0.4 is 10.6 Å². The van der Waals surface area contributed by atoms with Crippen LogP contribution in [-0.2, 0) is 9.59 Å². The molecule has 2 rings (SSSR count). The highest BCUT2D eigenvalue weighted by Crippen LogP contribution is 2.06. The number of nitrogens with one attached hydrogen (secondary N) is 2. The van der Waals surface area contributed by atoms with Gasteiger partial charge in [-0.2, -0.15) is 0 Å². The Hall–Kier alpha value is -2.52. The van der Waals surface area contributed by atoms with Crippen LogP contribution in [-0.4, -0.2) is 66.0 Å². The quantitative estimate of drug-likeness (QED) is 0.498. The van der Waals surface area contributed by atoms with E-state index in [0.29, 0.717) is 19.5 Å². The Morgan fingerprint density at radius 2 is 1.76 bits per heavy atom. The monoisotopic (exact) mass is 402 g/mol. The van der Waals surface area contributed by atoms with E-state index in [2.05, 4.69) is 39.7 Å². The standard InChI is InChI=1S/C13H23BN4O4.C7H8/c1-8(2)6-11(14(21)22)18-12(19)9(3)17-13(20)10-7-15-4-5-16-10;1-7-5-3-2-4-6-7/h7-9,11,21-22H,4-6H2,1-3H3,(H,17,20)(H,18,19);2-6H,1H3/t9?,11-;/m0./s1. The van der Waals surface area contributed by atoms with E-state index in [1.165, 1.54) is 18.7 Å². The number of aliphatic imine (C=N–C) groups is 2. The van der Waals surface area contributed by atoms with Crippen molar-refractivity contribution >= 4 is 30.9 Å². The third kappa shape index (κ3) is 10.0. The number of carbonyl (C=O) groups is 2. The molecule has 158 valence electrons. The SMILES string of the molecule is CC(C)C[C@H](NC(=O)C(C)NC(=O)C1=NCCN=C1)B(O)O.Cc1ccccc1. The summed E-state index contributed by atoms with van der Waals surface area (Å²) in [6.45, 7) is 8.43. The van der Waals surface area contributed by atoms with Gasteiger partial charge >= 0.3 is 7.12 Å². The molecule has 0 aromatic heterocycles. The first-order valence-electron chi connectivity index (χ1n) is 9.74. The summed E-state index contributed by atoms with van der Waals surface area (Å²) in [5.74, 6) is -1.55. The van der Waals surface area contributed by atoms with Gasteiger partial charge in [-0.15, -0.1) is 0 Å². The molecule has 1 unspecified atom stereocenters. The molecule has 1 aromatic rings. The number of hydrogen-bond acceptors (Lipinski definition) is 6. The fourth-order valence-corrected chi connectivity index (χ4v) is 2.49. The lowest BCUT2D eigenvalue weighted by atomic mass is 9.75. The Labute approximate surface area is 172 Å². The van der Waals surface area contributed by atoms with Crippen molar-refractivity contribution in [2.45, 2.75) is 46.1 Å². The van der Waals surface area contributed by atoms with Crippen molar-refractivity contribution in [3.05, 3.63) is 35.9 Å². The predicted octanol–water partition coefficient (Wildman–Crippen LogP) is 0.554. The maximum absolute atomic E-state index is 12.0. The van der Waals surface area contributed by atoms with Crippen LogP contribution in [0.15, 0.2) is 40.3 Å². The number of amides is 2. The average Bonchev–Trinajstić information content (AvgIpc) is 2.68. The Kier molecular flexibility index (Phi) is 10.9. The molecule has 0 saturated heterocycles. The molecule has 2 amide bonds. The van der Waals surface area contributed by atoms with E-state index in [1.807, 2.05) is 32.0 Å². The van der Waals surface area contributed by atoms with Gasteiger partial charge in [0.25, 0.3) is 5.91 Å². The molecule has 1 aromatic carbocycles. The minimum absolute atomic E-state index is 0.185. The van der Waals surface area contributed by atoms with Crippen LogP contribution in [0.1, 0.15) is 32.8 Å². The summed E-state index contributed by atoms with van der Waals surface area (Å²) in [6.07, 6.45) is 1.80. The highest BCUT2D eigenvalue weighted by atomic mass is 16.4. The van der Waals surface area contributed by atoms with Gasteiger partial charge in [-0.3, -0.25) is 19.6 Å². The summed E-state index contributed by atoms with van der Waals surface area (Å²) in [6, 6.07) is 9.44. The summed E-state index contributed by atoms with van der Waals surface area (Å²) >= 11 is 0. The molecule has 9 heteroatoms. The van der Waals surface area contributed by atoms with Gasteiger partial charge in [0.05, 0.1) is 25.2 Å². The second-order valence-electron chi connectivity index (χ2n) is 7.31. The van der Waals surface area contributed by atoms with E-state index in [4.69, 9.17) is 0 Å². The number of aryl methyl sites for hydroxylation is 1. The number of rotatable bonds is 7. The molecule has 1 heterocycles. The van der Waals surface area contributed by atoms with Gasteiger partial charge in [0, 0.05) is 0 Å². The topological polar surface area (TPSA) is 123 Å². The van der Waals surface area contributed by atoms with Gasteiger partial charge < -0.3 is 20.7 Å². The van der Waals surface area contributed by atoms with Crippen molar-refractivity contribution in [2.75, 3.05) is 13.1 Å². The van der Waals surface area contributed by atoms with Crippen molar-refractivity contribution in [3.63, 3.8) is 0 Å². The molecule has 29 heavy (non-hydrogen) atoms. The number of benzene rings is 1. The third-order valence-corrected chi connectivity index (χ3v) is 4.05. The summed E-state index contributed by atoms with van der Waals surface area (Å²) in [5.41, 5.74) is 1.51. The zero-order chi connectivity index (χ0) is 21.8. The molecule has 0 fully saturated rings. The predicted molar refractivity (Wildman–Crippen MR) is 116 cm³/mol. The summed E-state index contributed by atoms with van der Waals surface area (Å²) in [5, 5.41) is 23.6. The van der Waals surface area contributed by atoms with Gasteiger partial charge in [0.1, 0.15) is 11.8 Å². The molecule has 1 aliphatic heterocycles. The first-order chi connectivity index (χ1) is 13.7. The lowest BCUT2D eigenvalue weighted by Gasteiger charge is -2.22.